The Labute approximate surface area is 187 Å². The molecule has 0 spiro atoms. The second kappa shape index (κ2) is 8.95. The van der Waals surface area contributed by atoms with Crippen LogP contribution in [0, 0.1) is 11.8 Å². The third kappa shape index (κ3) is 4.45. The highest BCUT2D eigenvalue weighted by molar-refractivity contribution is 6.30. The normalized spacial score (nSPS) is 20.1. The highest BCUT2D eigenvalue weighted by Gasteiger charge is 2.25. The molecule has 1 atom stereocenters. The van der Waals surface area contributed by atoms with Crippen LogP contribution in [0.15, 0.2) is 24.7 Å². The summed E-state index contributed by atoms with van der Waals surface area (Å²) in [5.74, 6) is 0.319. The zero-order valence-corrected chi connectivity index (χ0v) is 19.1. The average molecular weight is 441 g/mol. The topological polar surface area (TPSA) is 80.9 Å². The van der Waals surface area contributed by atoms with Crippen molar-refractivity contribution in [3.63, 3.8) is 0 Å². The fourth-order valence-corrected chi connectivity index (χ4v) is 4.75. The Bertz CT molecular complexity index is 1100. The number of carboxylic acid groups (broad SMARTS) is 1. The lowest BCUT2D eigenvalue weighted by Gasteiger charge is -2.26. The van der Waals surface area contributed by atoms with Crippen LogP contribution in [0.1, 0.15) is 75.0 Å². The van der Waals surface area contributed by atoms with Crippen molar-refractivity contribution >= 4 is 28.6 Å². The molecule has 0 aromatic carbocycles. The van der Waals surface area contributed by atoms with Crippen LogP contribution in [-0.4, -0.2) is 30.6 Å². The first-order valence-electron chi connectivity index (χ1n) is 11.1. The fraction of sp³-hybridized carbons (Fsp3) is 0.500. The first-order valence-corrected chi connectivity index (χ1v) is 11.5. The summed E-state index contributed by atoms with van der Waals surface area (Å²) < 4.78 is 2.25. The maximum Gasteiger partial charge on any atom is 0.373 e. The predicted molar refractivity (Wildman–Crippen MR) is 123 cm³/mol. The van der Waals surface area contributed by atoms with E-state index >= 15 is 0 Å². The number of carbonyl (C=O) groups is 1. The lowest BCUT2D eigenvalue weighted by molar-refractivity contribution is 0.0684. The number of halogens is 1. The molecule has 3 aromatic heterocycles. The molecule has 1 aliphatic carbocycles. The van der Waals surface area contributed by atoms with E-state index in [-0.39, 0.29) is 11.7 Å². The molecule has 0 aliphatic heterocycles. The summed E-state index contributed by atoms with van der Waals surface area (Å²) in [6.45, 7) is 7.51. The van der Waals surface area contributed by atoms with Crippen molar-refractivity contribution in [1.29, 1.82) is 0 Å². The van der Waals surface area contributed by atoms with E-state index in [1.807, 2.05) is 0 Å². The first-order chi connectivity index (χ1) is 14.9. The van der Waals surface area contributed by atoms with Gasteiger partial charge in [-0.15, -0.1) is 0 Å². The number of aromatic nitrogens is 4. The molecule has 0 amide bonds. The summed E-state index contributed by atoms with van der Waals surface area (Å²) in [6.07, 6.45) is 11.3. The largest absolute Gasteiger partial charge is 0.475 e. The van der Waals surface area contributed by atoms with E-state index in [9.17, 15) is 9.90 Å². The Morgan fingerprint density at radius 1 is 1.26 bits per heavy atom. The van der Waals surface area contributed by atoms with Gasteiger partial charge in [0.2, 0.25) is 5.82 Å². The molecular formula is C24H29ClN4O2. The number of fused-ring (bicyclic) bond motifs is 1. The maximum absolute atomic E-state index is 11.8. The minimum Gasteiger partial charge on any atom is -0.475 e. The van der Waals surface area contributed by atoms with Gasteiger partial charge in [-0.3, -0.25) is 4.98 Å². The molecule has 0 saturated heterocycles. The van der Waals surface area contributed by atoms with Gasteiger partial charge in [0.05, 0.1) is 16.1 Å². The van der Waals surface area contributed by atoms with Crippen LogP contribution >= 0.6 is 11.6 Å². The molecule has 3 aromatic rings. The van der Waals surface area contributed by atoms with Gasteiger partial charge in [0.15, 0.2) is 0 Å². The zero-order chi connectivity index (χ0) is 22.1. The van der Waals surface area contributed by atoms with Gasteiger partial charge in [-0.05, 0) is 48.6 Å². The summed E-state index contributed by atoms with van der Waals surface area (Å²) in [5, 5.41) is 10.2. The molecule has 31 heavy (non-hydrogen) atoms. The molecule has 4 rings (SSSR count). The highest BCUT2D eigenvalue weighted by Crippen LogP contribution is 2.36. The number of carboxylic acids is 1. The fourth-order valence-electron chi connectivity index (χ4n) is 4.57. The molecule has 6 nitrogen and oxygen atoms in total. The first kappa shape index (κ1) is 21.8. The number of nitrogens with zero attached hydrogens (tertiary/aromatic N) is 4. The third-order valence-corrected chi connectivity index (χ3v) is 6.85. The van der Waals surface area contributed by atoms with Gasteiger partial charge in [-0.2, -0.15) is 0 Å². The number of aromatic carboxylic acids is 1. The molecule has 1 aliphatic rings. The molecular weight excluding hydrogens is 412 g/mol. The smallest absolute Gasteiger partial charge is 0.373 e. The van der Waals surface area contributed by atoms with Crippen LogP contribution < -0.4 is 0 Å². The Kier molecular flexibility index (Phi) is 6.28. The minimum atomic E-state index is -1.14. The zero-order valence-electron chi connectivity index (χ0n) is 18.3. The van der Waals surface area contributed by atoms with Crippen molar-refractivity contribution < 1.29 is 9.90 Å². The molecule has 164 valence electrons. The second-order valence-corrected chi connectivity index (χ2v) is 9.40. The standard InChI is InChI=1S/C24H29ClN4O2/c1-4-15(3)19-13-29(12-16-7-5-14(2)6-8-16)22-20(17-9-18(25)11-26-10-17)27-23(24(30)31)28-21(19)22/h9-11,13-16H,4-8,12H2,1-3H3,(H,30,31). The number of rotatable bonds is 6. The molecule has 1 saturated carbocycles. The molecule has 0 bridgehead atoms. The van der Waals surface area contributed by atoms with Crippen LogP contribution in [-0.2, 0) is 6.54 Å². The number of hydrogen-bond acceptors (Lipinski definition) is 4. The van der Waals surface area contributed by atoms with E-state index in [2.05, 4.69) is 46.5 Å². The van der Waals surface area contributed by atoms with Crippen molar-refractivity contribution in [2.45, 2.75) is 65.3 Å². The van der Waals surface area contributed by atoms with Crippen molar-refractivity contribution in [2.24, 2.45) is 11.8 Å². The monoisotopic (exact) mass is 440 g/mol. The van der Waals surface area contributed by atoms with Gasteiger partial charge in [-0.25, -0.2) is 14.8 Å². The quantitative estimate of drug-likeness (QED) is 0.494. The lowest BCUT2D eigenvalue weighted by Crippen LogP contribution is -2.17. The Balaban J connectivity index is 1.93. The Morgan fingerprint density at radius 3 is 2.65 bits per heavy atom. The van der Waals surface area contributed by atoms with E-state index in [1.165, 1.54) is 25.7 Å². The predicted octanol–water partition coefficient (Wildman–Crippen LogP) is 6.18. The molecule has 1 N–H and O–H groups in total. The van der Waals surface area contributed by atoms with Crippen LogP contribution in [0.4, 0.5) is 0 Å². The molecule has 3 heterocycles. The van der Waals surface area contributed by atoms with Gasteiger partial charge in [0, 0.05) is 30.7 Å². The minimum absolute atomic E-state index is 0.198. The van der Waals surface area contributed by atoms with Crippen LogP contribution in [0.3, 0.4) is 0 Å². The van der Waals surface area contributed by atoms with Crippen molar-refractivity contribution in [1.82, 2.24) is 19.5 Å². The molecule has 1 unspecified atom stereocenters. The van der Waals surface area contributed by atoms with Crippen molar-refractivity contribution in [3.05, 3.63) is 41.1 Å². The SMILES string of the molecule is CCC(C)c1cn(CC2CCC(C)CC2)c2c(-c3cncc(Cl)c3)nc(C(=O)O)nc12. The van der Waals surface area contributed by atoms with Crippen LogP contribution in [0.2, 0.25) is 5.02 Å². The van der Waals surface area contributed by atoms with Gasteiger partial charge < -0.3 is 9.67 Å². The van der Waals surface area contributed by atoms with Crippen LogP contribution in [0.25, 0.3) is 22.3 Å². The number of hydrogen-bond donors (Lipinski definition) is 1. The van der Waals surface area contributed by atoms with Gasteiger partial charge >= 0.3 is 5.97 Å². The number of pyridine rings is 1. The van der Waals surface area contributed by atoms with Gasteiger partial charge in [0.1, 0.15) is 5.69 Å². The maximum atomic E-state index is 11.8. The summed E-state index contributed by atoms with van der Waals surface area (Å²) in [4.78, 5) is 25.0. The molecule has 0 radical (unpaired) electrons. The highest BCUT2D eigenvalue weighted by atomic mass is 35.5. The Morgan fingerprint density at radius 2 is 2.00 bits per heavy atom. The van der Waals surface area contributed by atoms with Crippen LogP contribution in [0.5, 0.6) is 0 Å². The lowest BCUT2D eigenvalue weighted by atomic mass is 9.83. The van der Waals surface area contributed by atoms with E-state index in [1.54, 1.807) is 18.5 Å². The second-order valence-electron chi connectivity index (χ2n) is 8.96. The summed E-state index contributed by atoms with van der Waals surface area (Å²) in [5.41, 5.74) is 3.96. The van der Waals surface area contributed by atoms with Gasteiger partial charge in [0.25, 0.3) is 0 Å². The summed E-state index contributed by atoms with van der Waals surface area (Å²) in [7, 11) is 0. The van der Waals surface area contributed by atoms with E-state index < -0.39 is 5.97 Å². The average Bonchev–Trinajstić information content (AvgIpc) is 3.12. The van der Waals surface area contributed by atoms with Crippen molar-refractivity contribution in [2.75, 3.05) is 0 Å². The van der Waals surface area contributed by atoms with E-state index in [4.69, 9.17) is 11.6 Å². The summed E-state index contributed by atoms with van der Waals surface area (Å²) >= 11 is 6.21. The molecule has 1 fully saturated rings. The third-order valence-electron chi connectivity index (χ3n) is 6.64. The van der Waals surface area contributed by atoms with E-state index in [0.717, 1.165) is 35.5 Å². The molecule has 7 heteroatoms. The summed E-state index contributed by atoms with van der Waals surface area (Å²) in [6, 6.07) is 1.78. The van der Waals surface area contributed by atoms with Crippen molar-refractivity contribution in [3.8, 4) is 11.3 Å². The Hall–Kier alpha value is -2.47. The van der Waals surface area contributed by atoms with E-state index in [0.29, 0.717) is 22.2 Å². The van der Waals surface area contributed by atoms with Gasteiger partial charge in [-0.1, -0.05) is 45.2 Å².